The van der Waals surface area contributed by atoms with E-state index < -0.39 is 5.82 Å². The molecule has 0 aromatic heterocycles. The number of hydrogen-bond donors (Lipinski definition) is 1. The predicted octanol–water partition coefficient (Wildman–Crippen LogP) is 4.17. The summed E-state index contributed by atoms with van der Waals surface area (Å²) in [6.45, 7) is 3.99. The maximum Gasteiger partial charge on any atom is 0.145 e. The second-order valence-electron chi connectivity index (χ2n) is 4.91. The maximum absolute atomic E-state index is 13.4. The number of benzene rings is 1. The van der Waals surface area contributed by atoms with E-state index in [4.69, 9.17) is 16.3 Å². The van der Waals surface area contributed by atoms with Gasteiger partial charge in [0.05, 0.1) is 15.6 Å². The Balaban J connectivity index is 2.18. The first-order chi connectivity index (χ1) is 8.38. The van der Waals surface area contributed by atoms with E-state index in [-0.39, 0.29) is 22.6 Å². The molecule has 3 unspecified atom stereocenters. The maximum atomic E-state index is 13.4. The van der Waals surface area contributed by atoms with Crippen molar-refractivity contribution < 1.29 is 14.2 Å². The Kier molecular flexibility index (Phi) is 3.90. The molecule has 0 bridgehead atoms. The van der Waals surface area contributed by atoms with Crippen molar-refractivity contribution >= 4 is 27.5 Å². The fourth-order valence-corrected chi connectivity index (χ4v) is 2.92. The van der Waals surface area contributed by atoms with Crippen molar-refractivity contribution in [2.45, 2.75) is 38.9 Å². The third kappa shape index (κ3) is 2.26. The highest BCUT2D eigenvalue weighted by molar-refractivity contribution is 9.10. The fourth-order valence-electron chi connectivity index (χ4n) is 2.19. The lowest BCUT2D eigenvalue weighted by atomic mass is 9.63. The summed E-state index contributed by atoms with van der Waals surface area (Å²) in [4.78, 5) is 0. The minimum Gasteiger partial charge on any atom is -0.488 e. The monoisotopic (exact) mass is 336 g/mol. The summed E-state index contributed by atoms with van der Waals surface area (Å²) in [7, 11) is 0. The third-order valence-electron chi connectivity index (χ3n) is 3.94. The highest BCUT2D eigenvalue weighted by atomic mass is 79.9. The molecular weight excluding hydrogens is 322 g/mol. The van der Waals surface area contributed by atoms with Crippen molar-refractivity contribution in [3.05, 3.63) is 27.4 Å². The Bertz CT molecular complexity index is 469. The molecule has 2 nitrogen and oxygen atoms in total. The average Bonchev–Trinajstić information content (AvgIpc) is 2.34. The van der Waals surface area contributed by atoms with Crippen LogP contribution in [0.15, 0.2) is 16.6 Å². The molecule has 0 saturated heterocycles. The van der Waals surface area contributed by atoms with Gasteiger partial charge in [-0.1, -0.05) is 25.4 Å². The van der Waals surface area contributed by atoms with Gasteiger partial charge in [0, 0.05) is 17.9 Å². The highest BCUT2D eigenvalue weighted by Crippen LogP contribution is 2.47. The predicted molar refractivity (Wildman–Crippen MR) is 72.5 cm³/mol. The van der Waals surface area contributed by atoms with Crippen molar-refractivity contribution in [3.63, 3.8) is 0 Å². The van der Waals surface area contributed by atoms with Gasteiger partial charge >= 0.3 is 0 Å². The van der Waals surface area contributed by atoms with E-state index in [0.717, 1.165) is 6.42 Å². The Labute approximate surface area is 119 Å². The number of rotatable bonds is 3. The third-order valence-corrected chi connectivity index (χ3v) is 4.85. The molecule has 1 aromatic carbocycles. The first-order valence-electron chi connectivity index (χ1n) is 5.87. The van der Waals surface area contributed by atoms with Crippen molar-refractivity contribution in [1.82, 2.24) is 0 Å². The van der Waals surface area contributed by atoms with Crippen molar-refractivity contribution in [1.29, 1.82) is 0 Å². The van der Waals surface area contributed by atoms with Gasteiger partial charge in [0.1, 0.15) is 17.7 Å². The molecular formula is C13H15BrClFO2. The van der Waals surface area contributed by atoms with Gasteiger partial charge in [0.15, 0.2) is 0 Å². The molecule has 0 amide bonds. The van der Waals surface area contributed by atoms with Crippen LogP contribution in [-0.4, -0.2) is 17.3 Å². The number of aliphatic hydroxyl groups is 1. The second-order valence-corrected chi connectivity index (χ2v) is 6.18. The van der Waals surface area contributed by atoms with Gasteiger partial charge in [0.25, 0.3) is 0 Å². The number of hydrogen-bond acceptors (Lipinski definition) is 2. The van der Waals surface area contributed by atoms with E-state index in [2.05, 4.69) is 15.9 Å². The van der Waals surface area contributed by atoms with Crippen LogP contribution in [0, 0.1) is 11.2 Å². The molecule has 2 rings (SSSR count). The number of ether oxygens (including phenoxy) is 1. The zero-order valence-corrected chi connectivity index (χ0v) is 12.6. The zero-order valence-electron chi connectivity index (χ0n) is 10.2. The molecule has 100 valence electrons. The molecule has 0 radical (unpaired) electrons. The molecule has 5 heteroatoms. The molecule has 18 heavy (non-hydrogen) atoms. The second kappa shape index (κ2) is 4.99. The minimum atomic E-state index is -0.507. The summed E-state index contributed by atoms with van der Waals surface area (Å²) in [6, 6.07) is 2.75. The van der Waals surface area contributed by atoms with Gasteiger partial charge in [-0.15, -0.1) is 0 Å². The van der Waals surface area contributed by atoms with Crippen LogP contribution in [-0.2, 0) is 0 Å². The van der Waals surface area contributed by atoms with E-state index in [1.807, 2.05) is 13.8 Å². The molecule has 1 saturated carbocycles. The summed E-state index contributed by atoms with van der Waals surface area (Å²) >= 11 is 8.98. The molecule has 1 aromatic rings. The number of halogens is 3. The van der Waals surface area contributed by atoms with Crippen LogP contribution in [0.1, 0.15) is 26.7 Å². The molecule has 0 heterocycles. The van der Waals surface area contributed by atoms with Crippen molar-refractivity contribution in [2.24, 2.45) is 5.41 Å². The number of aliphatic hydroxyl groups excluding tert-OH is 1. The van der Waals surface area contributed by atoms with Crippen molar-refractivity contribution in [2.75, 3.05) is 0 Å². The lowest BCUT2D eigenvalue weighted by molar-refractivity contribution is -0.147. The SMILES string of the molecule is CCC1(C)C(O)CC1Oc1cc(F)c(Cl)cc1Br. The molecule has 1 aliphatic carbocycles. The summed E-state index contributed by atoms with van der Waals surface area (Å²) in [6.07, 6.45) is 0.922. The summed E-state index contributed by atoms with van der Waals surface area (Å²) in [5.41, 5.74) is -0.268. The Morgan fingerprint density at radius 2 is 2.28 bits per heavy atom. The first kappa shape index (κ1) is 14.1. The van der Waals surface area contributed by atoms with E-state index in [9.17, 15) is 9.50 Å². The van der Waals surface area contributed by atoms with Gasteiger partial charge in [-0.3, -0.25) is 0 Å². The van der Waals surface area contributed by atoms with Crippen LogP contribution in [0.3, 0.4) is 0 Å². The van der Waals surface area contributed by atoms with E-state index in [1.165, 1.54) is 12.1 Å². The Morgan fingerprint density at radius 3 is 2.83 bits per heavy atom. The van der Waals surface area contributed by atoms with Crippen LogP contribution in [0.5, 0.6) is 5.75 Å². The van der Waals surface area contributed by atoms with Gasteiger partial charge in [-0.25, -0.2) is 4.39 Å². The van der Waals surface area contributed by atoms with Crippen LogP contribution in [0.2, 0.25) is 5.02 Å². The van der Waals surface area contributed by atoms with Crippen LogP contribution >= 0.6 is 27.5 Å². The van der Waals surface area contributed by atoms with E-state index in [0.29, 0.717) is 16.6 Å². The highest BCUT2D eigenvalue weighted by Gasteiger charge is 2.51. The fraction of sp³-hybridized carbons (Fsp3) is 0.538. The van der Waals surface area contributed by atoms with Crippen LogP contribution in [0.25, 0.3) is 0 Å². The molecule has 0 aliphatic heterocycles. The Morgan fingerprint density at radius 1 is 1.61 bits per heavy atom. The van der Waals surface area contributed by atoms with Gasteiger partial charge in [0.2, 0.25) is 0 Å². The lowest BCUT2D eigenvalue weighted by Gasteiger charge is -2.50. The smallest absolute Gasteiger partial charge is 0.145 e. The topological polar surface area (TPSA) is 29.5 Å². The standard InChI is InChI=1S/C13H15BrClFO2/c1-3-13(2)11(17)6-12(13)18-10-5-9(16)8(15)4-7(10)14/h4-5,11-12,17H,3,6H2,1-2H3. The van der Waals surface area contributed by atoms with Gasteiger partial charge in [-0.2, -0.15) is 0 Å². The summed E-state index contributed by atoms with van der Waals surface area (Å²) in [5, 5.41) is 9.85. The van der Waals surface area contributed by atoms with Crippen LogP contribution in [0.4, 0.5) is 4.39 Å². The van der Waals surface area contributed by atoms with E-state index in [1.54, 1.807) is 0 Å². The van der Waals surface area contributed by atoms with E-state index >= 15 is 0 Å². The summed E-state index contributed by atoms with van der Waals surface area (Å²) in [5.74, 6) is -0.0820. The van der Waals surface area contributed by atoms with Gasteiger partial charge < -0.3 is 9.84 Å². The first-order valence-corrected chi connectivity index (χ1v) is 7.05. The molecule has 0 spiro atoms. The normalized spacial score (nSPS) is 31.0. The molecule has 1 N–H and O–H groups in total. The average molecular weight is 338 g/mol. The molecule has 1 aliphatic rings. The minimum absolute atomic E-state index is 0.0566. The Hall–Kier alpha value is -0.320. The van der Waals surface area contributed by atoms with Gasteiger partial charge in [-0.05, 0) is 28.4 Å². The quantitative estimate of drug-likeness (QED) is 0.839. The molecule has 3 atom stereocenters. The molecule has 1 fully saturated rings. The zero-order chi connectivity index (χ0) is 13.5. The van der Waals surface area contributed by atoms with Crippen molar-refractivity contribution in [3.8, 4) is 5.75 Å². The van der Waals surface area contributed by atoms with Crippen LogP contribution < -0.4 is 4.74 Å². The lowest BCUT2D eigenvalue weighted by Crippen LogP contribution is -2.57. The largest absolute Gasteiger partial charge is 0.488 e. The summed E-state index contributed by atoms with van der Waals surface area (Å²) < 4.78 is 19.8.